The van der Waals surface area contributed by atoms with Gasteiger partial charge in [0.2, 0.25) is 0 Å². The van der Waals surface area contributed by atoms with Crippen molar-refractivity contribution >= 4 is 54.1 Å². The highest BCUT2D eigenvalue weighted by Gasteiger charge is 2.19. The van der Waals surface area contributed by atoms with Crippen LogP contribution in [0.25, 0.3) is 82.1 Å². The summed E-state index contributed by atoms with van der Waals surface area (Å²) in [5, 5.41) is 4.33. The summed E-state index contributed by atoms with van der Waals surface area (Å²) in [5.74, 6) is 0.746. The molecule has 0 atom stereocenters. The second-order valence-electron chi connectivity index (χ2n) is 11.0. The normalized spacial score (nSPS) is 14.3. The number of rotatable bonds is 3. The number of nitrogens with zero attached hydrogens (tertiary/aromatic N) is 2. The first kappa shape index (κ1) is 18.0. The second kappa shape index (κ2) is 9.65. The fourth-order valence-corrected chi connectivity index (χ4v) is 6.72. The van der Waals surface area contributed by atoms with Crippen LogP contribution in [0, 0.1) is 6.92 Å². The van der Waals surface area contributed by atoms with Crippen LogP contribution in [0.15, 0.2) is 151 Å². The predicted octanol–water partition coefficient (Wildman–Crippen LogP) is 11.3. The summed E-state index contributed by atoms with van der Waals surface area (Å²) < 4.78 is 75.0. The third-order valence-corrected chi connectivity index (χ3v) is 8.53. The molecule has 1 heterocycles. The first-order valence-electron chi connectivity index (χ1n) is 18.5. The molecule has 0 saturated carbocycles. The average molecular weight is 569 g/mol. The van der Waals surface area contributed by atoms with Crippen molar-refractivity contribution < 1.29 is 11.0 Å². The van der Waals surface area contributed by atoms with Crippen molar-refractivity contribution in [1.82, 2.24) is 9.55 Å². The Balaban J connectivity index is 1.54. The quantitative estimate of drug-likeness (QED) is 0.153. The number of fused-ring (bicyclic) bond motifs is 6. The zero-order valence-corrected chi connectivity index (χ0v) is 23.7. The molecule has 0 spiro atoms. The Kier molecular flexibility index (Phi) is 3.96. The number of aromatic nitrogens is 2. The SMILES string of the molecule is [2H]c1c([2H])c([2H])c2c(-c3cc4ccccc4c4ccccc34)c3c([2H])c([2H])c([2H])c([2H])c3c(-c3cccc(-n4c(C)nc5ccccc54)c3)c2c1[2H]. The van der Waals surface area contributed by atoms with E-state index in [0.717, 1.165) is 44.1 Å². The van der Waals surface area contributed by atoms with Crippen molar-refractivity contribution in [2.24, 2.45) is 0 Å². The molecule has 2 heteroatoms. The molecule has 8 aromatic carbocycles. The van der Waals surface area contributed by atoms with Crippen molar-refractivity contribution in [1.29, 1.82) is 0 Å². The molecule has 9 aromatic rings. The fraction of sp³-hybridized carbons (Fsp3) is 0.0238. The van der Waals surface area contributed by atoms with E-state index >= 15 is 0 Å². The Bertz CT molecular complexity index is 2940. The van der Waals surface area contributed by atoms with E-state index in [9.17, 15) is 5.48 Å². The van der Waals surface area contributed by atoms with Crippen LogP contribution in [0.1, 0.15) is 16.8 Å². The Morgan fingerprint density at radius 1 is 0.545 bits per heavy atom. The summed E-state index contributed by atoms with van der Waals surface area (Å²) in [5.41, 5.74) is 4.24. The van der Waals surface area contributed by atoms with Gasteiger partial charge in [-0.15, -0.1) is 0 Å². The highest BCUT2D eigenvalue weighted by molar-refractivity contribution is 6.25. The lowest BCUT2D eigenvalue weighted by Gasteiger charge is -2.20. The van der Waals surface area contributed by atoms with Crippen LogP contribution in [0.5, 0.6) is 0 Å². The lowest BCUT2D eigenvalue weighted by atomic mass is 9.84. The number of para-hydroxylation sites is 2. The monoisotopic (exact) mass is 568 g/mol. The molecule has 9 rings (SSSR count). The van der Waals surface area contributed by atoms with Crippen molar-refractivity contribution in [2.45, 2.75) is 6.92 Å². The molecule has 0 N–H and O–H groups in total. The van der Waals surface area contributed by atoms with E-state index in [-0.39, 0.29) is 45.7 Å². The van der Waals surface area contributed by atoms with Crippen LogP contribution in [0.2, 0.25) is 0 Å². The van der Waals surface area contributed by atoms with E-state index in [1.807, 2.05) is 115 Å². The molecular weight excluding hydrogens is 532 g/mol. The Morgan fingerprint density at radius 2 is 1.16 bits per heavy atom. The Morgan fingerprint density at radius 3 is 1.91 bits per heavy atom. The summed E-state index contributed by atoms with van der Waals surface area (Å²) in [6, 6.07) is 30.0. The van der Waals surface area contributed by atoms with Gasteiger partial charge in [-0.25, -0.2) is 4.98 Å². The number of benzene rings is 8. The van der Waals surface area contributed by atoms with Gasteiger partial charge in [-0.3, -0.25) is 4.57 Å². The van der Waals surface area contributed by atoms with Crippen LogP contribution in [0.4, 0.5) is 0 Å². The number of hydrogen-bond donors (Lipinski definition) is 0. The summed E-state index contributed by atoms with van der Waals surface area (Å²) in [4.78, 5) is 4.74. The summed E-state index contributed by atoms with van der Waals surface area (Å²) >= 11 is 0. The molecule has 0 radical (unpaired) electrons. The van der Waals surface area contributed by atoms with E-state index in [1.165, 1.54) is 0 Å². The van der Waals surface area contributed by atoms with Crippen molar-refractivity contribution in [2.75, 3.05) is 0 Å². The minimum Gasteiger partial charge on any atom is -0.297 e. The van der Waals surface area contributed by atoms with Gasteiger partial charge in [0.1, 0.15) is 5.82 Å². The van der Waals surface area contributed by atoms with E-state index in [2.05, 4.69) is 0 Å². The number of hydrogen-bond acceptors (Lipinski definition) is 1. The highest BCUT2D eigenvalue weighted by Crippen LogP contribution is 2.46. The van der Waals surface area contributed by atoms with E-state index in [1.54, 1.807) is 0 Å². The summed E-state index contributed by atoms with van der Waals surface area (Å²) in [6.07, 6.45) is 0. The third-order valence-electron chi connectivity index (χ3n) is 8.53. The molecule has 0 unspecified atom stereocenters. The fourth-order valence-electron chi connectivity index (χ4n) is 6.72. The number of imidazole rings is 1. The predicted molar refractivity (Wildman–Crippen MR) is 187 cm³/mol. The second-order valence-corrected chi connectivity index (χ2v) is 11.0. The molecule has 0 aliphatic carbocycles. The number of aryl methyl sites for hydroxylation is 1. The Labute approximate surface area is 266 Å². The largest absolute Gasteiger partial charge is 0.297 e. The highest BCUT2D eigenvalue weighted by atomic mass is 15.1. The molecule has 44 heavy (non-hydrogen) atoms. The molecule has 0 saturated heterocycles. The van der Waals surface area contributed by atoms with E-state index < -0.39 is 24.2 Å². The molecule has 206 valence electrons. The molecule has 1 aromatic heterocycles. The van der Waals surface area contributed by atoms with Gasteiger partial charge in [0.25, 0.3) is 0 Å². The maximum Gasteiger partial charge on any atom is 0.111 e. The lowest BCUT2D eigenvalue weighted by Crippen LogP contribution is -1.97. The van der Waals surface area contributed by atoms with Gasteiger partial charge in [-0.05, 0) is 103 Å². The third kappa shape index (κ3) is 3.64. The lowest BCUT2D eigenvalue weighted by molar-refractivity contribution is 1.00. The van der Waals surface area contributed by atoms with Crippen LogP contribution in [-0.4, -0.2) is 9.55 Å². The molecule has 2 nitrogen and oxygen atoms in total. The molecule has 0 fully saturated rings. The molecular formula is C42H28N2. The van der Waals surface area contributed by atoms with Gasteiger partial charge in [0.15, 0.2) is 0 Å². The minimum atomic E-state index is -0.430. The van der Waals surface area contributed by atoms with Gasteiger partial charge in [-0.2, -0.15) is 0 Å². The van der Waals surface area contributed by atoms with Gasteiger partial charge < -0.3 is 0 Å². The van der Waals surface area contributed by atoms with Crippen LogP contribution in [-0.2, 0) is 0 Å². The van der Waals surface area contributed by atoms with Crippen molar-refractivity contribution in [3.05, 3.63) is 157 Å². The molecule has 0 aliphatic rings. The first-order chi connectivity index (χ1) is 25.1. The standard InChI is InChI=1S/C42H28N2/c1-27-43-39-23-10-11-24-40(39)44(27)30-15-12-14-29(25-30)41-34-19-6-8-21-36(34)42(37-22-9-7-20-35(37)41)38-26-28-13-2-3-16-31(28)32-17-4-5-18-33(32)38/h2-26H,1H3/i6D,7D,8D,9D,19D,20D,21D,22D. The maximum atomic E-state index is 9.42. The average Bonchev–Trinajstić information content (AvgIpc) is 3.51. The van der Waals surface area contributed by atoms with Gasteiger partial charge in [0, 0.05) is 5.69 Å². The minimum absolute atomic E-state index is 0.181. The van der Waals surface area contributed by atoms with E-state index in [0.29, 0.717) is 22.3 Å². The maximum absolute atomic E-state index is 9.42. The summed E-state index contributed by atoms with van der Waals surface area (Å²) in [7, 11) is 0. The molecule has 0 amide bonds. The zero-order valence-electron chi connectivity index (χ0n) is 31.7. The molecule has 0 bridgehead atoms. The van der Waals surface area contributed by atoms with Crippen LogP contribution in [0.3, 0.4) is 0 Å². The van der Waals surface area contributed by atoms with Crippen LogP contribution < -0.4 is 0 Å². The van der Waals surface area contributed by atoms with Crippen molar-refractivity contribution in [3.63, 3.8) is 0 Å². The van der Waals surface area contributed by atoms with E-state index in [4.69, 9.17) is 10.5 Å². The van der Waals surface area contributed by atoms with Gasteiger partial charge in [-0.1, -0.05) is 121 Å². The topological polar surface area (TPSA) is 17.8 Å². The van der Waals surface area contributed by atoms with Gasteiger partial charge >= 0.3 is 0 Å². The smallest absolute Gasteiger partial charge is 0.111 e. The first-order valence-corrected chi connectivity index (χ1v) is 14.5. The van der Waals surface area contributed by atoms with Crippen molar-refractivity contribution in [3.8, 4) is 27.9 Å². The van der Waals surface area contributed by atoms with Gasteiger partial charge in [0.05, 0.1) is 22.0 Å². The van der Waals surface area contributed by atoms with Crippen LogP contribution >= 0.6 is 0 Å². The molecule has 0 aliphatic heterocycles. The summed E-state index contributed by atoms with van der Waals surface area (Å²) in [6.45, 7) is 1.91. The Hall–Kier alpha value is -5.73. The zero-order chi connectivity index (χ0) is 36.2.